The SMILES string of the molecule is Cc1ccc(C(=O)Nc2cc(-n3ccnc3C)ncn2)cc1C. The van der Waals surface area contributed by atoms with Gasteiger partial charge in [0.15, 0.2) is 0 Å². The van der Waals surface area contributed by atoms with Gasteiger partial charge in [-0.15, -0.1) is 0 Å². The molecular weight excluding hydrogens is 290 g/mol. The number of imidazole rings is 1. The van der Waals surface area contributed by atoms with Crippen molar-refractivity contribution in [1.82, 2.24) is 19.5 Å². The third kappa shape index (κ3) is 3.11. The first-order valence-electron chi connectivity index (χ1n) is 7.25. The zero-order valence-electron chi connectivity index (χ0n) is 13.2. The monoisotopic (exact) mass is 307 g/mol. The van der Waals surface area contributed by atoms with Gasteiger partial charge in [-0.1, -0.05) is 6.07 Å². The second-order valence-electron chi connectivity index (χ2n) is 5.36. The van der Waals surface area contributed by atoms with Gasteiger partial charge in [-0.2, -0.15) is 0 Å². The van der Waals surface area contributed by atoms with Crippen LogP contribution in [0.1, 0.15) is 27.3 Å². The smallest absolute Gasteiger partial charge is 0.256 e. The number of aryl methyl sites for hydroxylation is 3. The molecule has 3 aromatic rings. The molecule has 0 unspecified atom stereocenters. The van der Waals surface area contributed by atoms with Crippen LogP contribution in [0.3, 0.4) is 0 Å². The Balaban J connectivity index is 1.84. The Morgan fingerprint density at radius 3 is 2.57 bits per heavy atom. The van der Waals surface area contributed by atoms with E-state index in [9.17, 15) is 4.79 Å². The summed E-state index contributed by atoms with van der Waals surface area (Å²) in [6.45, 7) is 5.88. The number of benzene rings is 1. The fourth-order valence-electron chi connectivity index (χ4n) is 2.24. The van der Waals surface area contributed by atoms with Gasteiger partial charge in [0.25, 0.3) is 5.91 Å². The van der Waals surface area contributed by atoms with Crippen LogP contribution in [0.5, 0.6) is 0 Å². The molecule has 6 heteroatoms. The first kappa shape index (κ1) is 14.9. The van der Waals surface area contributed by atoms with Gasteiger partial charge in [-0.3, -0.25) is 9.36 Å². The van der Waals surface area contributed by atoms with Crippen LogP contribution < -0.4 is 5.32 Å². The van der Waals surface area contributed by atoms with E-state index in [4.69, 9.17) is 0 Å². The van der Waals surface area contributed by atoms with Crippen molar-refractivity contribution in [3.8, 4) is 5.82 Å². The topological polar surface area (TPSA) is 72.7 Å². The molecule has 0 aliphatic heterocycles. The number of amides is 1. The van der Waals surface area contributed by atoms with Gasteiger partial charge in [0.2, 0.25) is 0 Å². The Kier molecular flexibility index (Phi) is 3.89. The maximum absolute atomic E-state index is 12.4. The summed E-state index contributed by atoms with van der Waals surface area (Å²) in [5.41, 5.74) is 2.84. The molecule has 0 atom stereocenters. The van der Waals surface area contributed by atoms with E-state index in [1.807, 2.05) is 43.7 Å². The molecule has 116 valence electrons. The standard InChI is InChI=1S/C17H17N5O/c1-11-4-5-14(8-12(11)2)17(23)21-15-9-16(20-10-19-15)22-7-6-18-13(22)3/h4-10H,1-3H3,(H,19,20,21,23). The molecule has 0 aliphatic rings. The van der Waals surface area contributed by atoms with Crippen LogP contribution in [0, 0.1) is 20.8 Å². The predicted octanol–water partition coefficient (Wildman–Crippen LogP) is 2.84. The summed E-state index contributed by atoms with van der Waals surface area (Å²) in [5, 5.41) is 2.80. The molecule has 0 fully saturated rings. The maximum Gasteiger partial charge on any atom is 0.256 e. The van der Waals surface area contributed by atoms with Crippen molar-refractivity contribution in [2.24, 2.45) is 0 Å². The van der Waals surface area contributed by atoms with E-state index >= 15 is 0 Å². The molecule has 0 spiro atoms. The third-order valence-electron chi connectivity index (χ3n) is 3.74. The molecule has 1 amide bonds. The van der Waals surface area contributed by atoms with Gasteiger partial charge in [0, 0.05) is 24.0 Å². The van der Waals surface area contributed by atoms with E-state index in [1.54, 1.807) is 18.3 Å². The summed E-state index contributed by atoms with van der Waals surface area (Å²) in [4.78, 5) is 24.8. The Hall–Kier alpha value is -3.02. The van der Waals surface area contributed by atoms with Crippen LogP contribution >= 0.6 is 0 Å². The number of aromatic nitrogens is 4. The highest BCUT2D eigenvalue weighted by atomic mass is 16.1. The molecule has 1 N–H and O–H groups in total. The first-order valence-corrected chi connectivity index (χ1v) is 7.25. The second-order valence-corrected chi connectivity index (χ2v) is 5.36. The normalized spacial score (nSPS) is 10.6. The number of anilines is 1. The van der Waals surface area contributed by atoms with Crippen LogP contribution in [0.15, 0.2) is 43.0 Å². The molecule has 0 bridgehead atoms. The minimum Gasteiger partial charge on any atom is -0.306 e. The molecule has 0 saturated heterocycles. The molecule has 0 saturated carbocycles. The summed E-state index contributed by atoms with van der Waals surface area (Å²) >= 11 is 0. The fraction of sp³-hybridized carbons (Fsp3) is 0.176. The Labute approximate surface area is 134 Å². The molecule has 1 aromatic carbocycles. The van der Waals surface area contributed by atoms with Crippen LogP contribution in [-0.2, 0) is 0 Å². The van der Waals surface area contributed by atoms with Gasteiger partial charge in [0.1, 0.15) is 23.8 Å². The van der Waals surface area contributed by atoms with E-state index < -0.39 is 0 Å². The van der Waals surface area contributed by atoms with Crippen molar-refractivity contribution in [2.75, 3.05) is 5.32 Å². The zero-order valence-corrected chi connectivity index (χ0v) is 13.2. The van der Waals surface area contributed by atoms with Crippen LogP contribution in [0.25, 0.3) is 5.82 Å². The highest BCUT2D eigenvalue weighted by molar-refractivity contribution is 6.04. The lowest BCUT2D eigenvalue weighted by Crippen LogP contribution is -2.14. The molecule has 0 radical (unpaired) electrons. The van der Waals surface area contributed by atoms with Crippen LogP contribution in [0.4, 0.5) is 5.82 Å². The number of hydrogen-bond acceptors (Lipinski definition) is 4. The number of rotatable bonds is 3. The first-order chi connectivity index (χ1) is 11.0. The minimum absolute atomic E-state index is 0.194. The van der Waals surface area contributed by atoms with Crippen LogP contribution in [-0.4, -0.2) is 25.4 Å². The Morgan fingerprint density at radius 1 is 1.04 bits per heavy atom. The van der Waals surface area contributed by atoms with Crippen molar-refractivity contribution in [2.45, 2.75) is 20.8 Å². The van der Waals surface area contributed by atoms with Crippen LogP contribution in [0.2, 0.25) is 0 Å². The molecule has 0 aliphatic carbocycles. The van der Waals surface area contributed by atoms with Gasteiger partial charge in [-0.25, -0.2) is 15.0 Å². The number of hydrogen-bond donors (Lipinski definition) is 1. The molecule has 2 aromatic heterocycles. The maximum atomic E-state index is 12.4. The van der Waals surface area contributed by atoms with Gasteiger partial charge in [-0.05, 0) is 44.0 Å². The second kappa shape index (κ2) is 6.00. The number of nitrogens with zero attached hydrogens (tertiary/aromatic N) is 4. The molecular formula is C17H17N5O. The van der Waals surface area contributed by atoms with Gasteiger partial charge >= 0.3 is 0 Å². The average molecular weight is 307 g/mol. The lowest BCUT2D eigenvalue weighted by Gasteiger charge is -2.08. The van der Waals surface area contributed by atoms with E-state index in [0.29, 0.717) is 17.2 Å². The number of carbonyl (C=O) groups is 1. The lowest BCUT2D eigenvalue weighted by molar-refractivity contribution is 0.102. The highest BCUT2D eigenvalue weighted by Crippen LogP contribution is 2.14. The molecule has 3 rings (SSSR count). The van der Waals surface area contributed by atoms with E-state index in [0.717, 1.165) is 17.0 Å². The van der Waals surface area contributed by atoms with Crippen molar-refractivity contribution in [1.29, 1.82) is 0 Å². The quantitative estimate of drug-likeness (QED) is 0.807. The van der Waals surface area contributed by atoms with Crippen molar-refractivity contribution in [3.63, 3.8) is 0 Å². The lowest BCUT2D eigenvalue weighted by atomic mass is 10.1. The number of carbonyl (C=O) groups excluding carboxylic acids is 1. The fourth-order valence-corrected chi connectivity index (χ4v) is 2.24. The largest absolute Gasteiger partial charge is 0.306 e. The van der Waals surface area contributed by atoms with E-state index in [-0.39, 0.29) is 5.91 Å². The highest BCUT2D eigenvalue weighted by Gasteiger charge is 2.10. The Morgan fingerprint density at radius 2 is 1.87 bits per heavy atom. The molecule has 2 heterocycles. The summed E-state index contributed by atoms with van der Waals surface area (Å²) in [5.74, 6) is 1.73. The molecule has 6 nitrogen and oxygen atoms in total. The van der Waals surface area contributed by atoms with Gasteiger partial charge < -0.3 is 5.32 Å². The molecule has 23 heavy (non-hydrogen) atoms. The predicted molar refractivity (Wildman–Crippen MR) is 87.8 cm³/mol. The average Bonchev–Trinajstić information content (AvgIpc) is 2.96. The van der Waals surface area contributed by atoms with Crippen molar-refractivity contribution >= 4 is 11.7 Å². The van der Waals surface area contributed by atoms with Crippen molar-refractivity contribution < 1.29 is 4.79 Å². The minimum atomic E-state index is -0.194. The summed E-state index contributed by atoms with van der Waals surface area (Å²) in [7, 11) is 0. The number of nitrogens with one attached hydrogen (secondary N) is 1. The summed E-state index contributed by atoms with van der Waals surface area (Å²) in [6.07, 6.45) is 4.93. The zero-order chi connectivity index (χ0) is 16.4. The summed E-state index contributed by atoms with van der Waals surface area (Å²) in [6, 6.07) is 7.32. The van der Waals surface area contributed by atoms with E-state index in [2.05, 4.69) is 20.3 Å². The summed E-state index contributed by atoms with van der Waals surface area (Å²) < 4.78 is 1.83. The Bertz CT molecular complexity index is 869. The third-order valence-corrected chi connectivity index (χ3v) is 3.74. The van der Waals surface area contributed by atoms with Gasteiger partial charge in [0.05, 0.1) is 0 Å². The van der Waals surface area contributed by atoms with Crippen molar-refractivity contribution in [3.05, 3.63) is 65.5 Å². The van der Waals surface area contributed by atoms with E-state index in [1.165, 1.54) is 6.33 Å².